The number of ether oxygens (including phenoxy) is 1. The molecule has 0 aliphatic heterocycles. The lowest BCUT2D eigenvalue weighted by atomic mass is 9.96. The molecule has 1 atom stereocenters. The molecule has 0 aliphatic carbocycles. The molecular weight excluding hydrogens is 400 g/mol. The first kappa shape index (κ1) is 23.9. The van der Waals surface area contributed by atoms with Gasteiger partial charge < -0.3 is 10.1 Å². The molecule has 0 unspecified atom stereocenters. The van der Waals surface area contributed by atoms with Gasteiger partial charge in [0.05, 0.1) is 10.9 Å². The fourth-order valence-corrected chi connectivity index (χ4v) is 4.84. The number of rotatable bonds is 9. The predicted octanol–water partition coefficient (Wildman–Crippen LogP) is 3.90. The van der Waals surface area contributed by atoms with Crippen molar-refractivity contribution in [3.05, 3.63) is 58.7 Å². The highest BCUT2D eigenvalue weighted by Gasteiger charge is 2.21. The van der Waals surface area contributed by atoms with Crippen molar-refractivity contribution in [2.45, 2.75) is 52.5 Å². The summed E-state index contributed by atoms with van der Waals surface area (Å²) >= 11 is 0. The Morgan fingerprint density at radius 1 is 1.00 bits per heavy atom. The van der Waals surface area contributed by atoms with Crippen molar-refractivity contribution in [3.8, 4) is 5.75 Å². The summed E-state index contributed by atoms with van der Waals surface area (Å²) in [6.45, 7) is 12.4. The van der Waals surface area contributed by atoms with Crippen LogP contribution in [-0.4, -0.2) is 38.3 Å². The number of aryl methyl sites for hydroxylation is 3. The third-order valence-electron chi connectivity index (χ3n) is 5.26. The van der Waals surface area contributed by atoms with Crippen molar-refractivity contribution in [1.82, 2.24) is 9.62 Å². The molecule has 0 heterocycles. The number of carbonyl (C=O) groups excluding carboxylic acids is 1. The van der Waals surface area contributed by atoms with Gasteiger partial charge in [-0.3, -0.25) is 4.79 Å². The van der Waals surface area contributed by atoms with E-state index in [2.05, 4.69) is 31.3 Å². The molecule has 0 aromatic heterocycles. The summed E-state index contributed by atoms with van der Waals surface area (Å²) in [5, 5.41) is 2.95. The molecule has 164 valence electrons. The highest BCUT2D eigenvalue weighted by Crippen LogP contribution is 2.22. The topological polar surface area (TPSA) is 75.7 Å². The van der Waals surface area contributed by atoms with Gasteiger partial charge in [-0.2, -0.15) is 4.31 Å². The highest BCUT2D eigenvalue weighted by atomic mass is 32.2. The maximum atomic E-state index is 12.5. The van der Waals surface area contributed by atoms with Crippen LogP contribution in [-0.2, 0) is 14.8 Å². The monoisotopic (exact) mass is 432 g/mol. The van der Waals surface area contributed by atoms with E-state index in [0.29, 0.717) is 18.8 Å². The summed E-state index contributed by atoms with van der Waals surface area (Å²) in [7, 11) is -3.51. The third-order valence-corrected chi connectivity index (χ3v) is 7.33. The van der Waals surface area contributed by atoms with Gasteiger partial charge >= 0.3 is 0 Å². The van der Waals surface area contributed by atoms with E-state index in [0.717, 1.165) is 11.1 Å². The number of nitrogens with one attached hydrogen (secondary N) is 1. The lowest BCUT2D eigenvalue weighted by molar-refractivity contribution is -0.123. The Morgan fingerprint density at radius 2 is 1.57 bits per heavy atom. The first-order valence-electron chi connectivity index (χ1n) is 10.2. The zero-order valence-electron chi connectivity index (χ0n) is 18.7. The lowest BCUT2D eigenvalue weighted by Gasteiger charge is -2.19. The van der Waals surface area contributed by atoms with Crippen LogP contribution in [0.5, 0.6) is 5.75 Å². The first-order chi connectivity index (χ1) is 14.1. The molecule has 0 fully saturated rings. The molecule has 2 aromatic carbocycles. The molecule has 1 amide bonds. The first-order valence-corrected chi connectivity index (χ1v) is 11.6. The lowest BCUT2D eigenvalue weighted by Crippen LogP contribution is -2.31. The summed E-state index contributed by atoms with van der Waals surface area (Å²) in [6.07, 6.45) is 0. The second kappa shape index (κ2) is 10.1. The number of sulfonamides is 1. The molecule has 7 heteroatoms. The standard InChI is InChI=1S/C23H32N2O4S/c1-7-25(8-2)30(27,28)21-11-9-20(10-12-21)29-15-23(26)24-19(6)22-14-17(4)16(3)13-18(22)5/h9-14,19H,7-8,15H2,1-6H3,(H,24,26)/t19-/m1/s1. The van der Waals surface area contributed by atoms with Crippen LogP contribution in [0.25, 0.3) is 0 Å². The number of amides is 1. The van der Waals surface area contributed by atoms with Crippen molar-refractivity contribution in [2.24, 2.45) is 0 Å². The quantitative estimate of drug-likeness (QED) is 0.652. The van der Waals surface area contributed by atoms with Gasteiger partial charge in [-0.25, -0.2) is 8.42 Å². The van der Waals surface area contributed by atoms with Gasteiger partial charge in [0.25, 0.3) is 5.91 Å². The van der Waals surface area contributed by atoms with Crippen molar-refractivity contribution >= 4 is 15.9 Å². The van der Waals surface area contributed by atoms with Gasteiger partial charge in [0.2, 0.25) is 10.0 Å². The van der Waals surface area contributed by atoms with Crippen LogP contribution in [0.1, 0.15) is 49.1 Å². The van der Waals surface area contributed by atoms with Crippen LogP contribution in [0.15, 0.2) is 41.3 Å². The molecule has 2 aromatic rings. The summed E-state index contributed by atoms with van der Waals surface area (Å²) in [5.41, 5.74) is 4.63. The van der Waals surface area contributed by atoms with Gasteiger partial charge in [0.15, 0.2) is 6.61 Å². The molecule has 1 N–H and O–H groups in total. The SMILES string of the molecule is CCN(CC)S(=O)(=O)c1ccc(OCC(=O)N[C@H](C)c2cc(C)c(C)cc2C)cc1. The molecular formula is C23H32N2O4S. The summed E-state index contributed by atoms with van der Waals surface area (Å²) in [5.74, 6) is 0.207. The Bertz CT molecular complexity index is 981. The van der Waals surface area contributed by atoms with E-state index in [1.54, 1.807) is 26.0 Å². The molecule has 0 saturated heterocycles. The van der Waals surface area contributed by atoms with Crippen molar-refractivity contribution in [2.75, 3.05) is 19.7 Å². The van der Waals surface area contributed by atoms with Crippen LogP contribution >= 0.6 is 0 Å². The van der Waals surface area contributed by atoms with Gasteiger partial charge in [-0.1, -0.05) is 26.0 Å². The molecule has 0 radical (unpaired) electrons. The van der Waals surface area contributed by atoms with Crippen LogP contribution in [0.2, 0.25) is 0 Å². The van der Waals surface area contributed by atoms with E-state index in [-0.39, 0.29) is 23.5 Å². The minimum atomic E-state index is -3.51. The normalized spacial score (nSPS) is 12.6. The Hall–Kier alpha value is -2.38. The maximum absolute atomic E-state index is 12.5. The predicted molar refractivity (Wildman–Crippen MR) is 119 cm³/mol. The largest absolute Gasteiger partial charge is 0.484 e. The zero-order valence-corrected chi connectivity index (χ0v) is 19.5. The maximum Gasteiger partial charge on any atom is 0.258 e. The minimum absolute atomic E-state index is 0.137. The van der Waals surface area contributed by atoms with Crippen LogP contribution in [0.3, 0.4) is 0 Å². The van der Waals surface area contributed by atoms with E-state index in [9.17, 15) is 13.2 Å². The fraction of sp³-hybridized carbons (Fsp3) is 0.435. The second-order valence-corrected chi connectivity index (χ2v) is 9.37. The average molecular weight is 433 g/mol. The molecule has 0 spiro atoms. The summed E-state index contributed by atoms with van der Waals surface area (Å²) in [4.78, 5) is 12.5. The van der Waals surface area contributed by atoms with Crippen molar-refractivity contribution in [1.29, 1.82) is 0 Å². The van der Waals surface area contributed by atoms with Crippen LogP contribution in [0.4, 0.5) is 0 Å². The van der Waals surface area contributed by atoms with Crippen molar-refractivity contribution in [3.63, 3.8) is 0 Å². The Morgan fingerprint density at radius 3 is 2.13 bits per heavy atom. The van der Waals surface area contributed by atoms with E-state index >= 15 is 0 Å². The molecule has 0 aliphatic rings. The number of benzene rings is 2. The van der Waals surface area contributed by atoms with Gasteiger partial charge in [0.1, 0.15) is 5.75 Å². The minimum Gasteiger partial charge on any atom is -0.484 e. The smallest absolute Gasteiger partial charge is 0.258 e. The Kier molecular flexibility index (Phi) is 8.03. The van der Waals surface area contributed by atoms with Crippen LogP contribution < -0.4 is 10.1 Å². The van der Waals surface area contributed by atoms with E-state index in [1.165, 1.54) is 27.6 Å². The van der Waals surface area contributed by atoms with Gasteiger partial charge in [-0.05, 0) is 74.2 Å². The third kappa shape index (κ3) is 5.61. The molecule has 0 saturated carbocycles. The average Bonchev–Trinajstić information content (AvgIpc) is 2.70. The second-order valence-electron chi connectivity index (χ2n) is 7.43. The van der Waals surface area contributed by atoms with Crippen LogP contribution in [0, 0.1) is 20.8 Å². The summed E-state index contributed by atoms with van der Waals surface area (Å²) in [6, 6.07) is 10.2. The highest BCUT2D eigenvalue weighted by molar-refractivity contribution is 7.89. The number of carbonyl (C=O) groups is 1. The Balaban J connectivity index is 1.97. The molecule has 0 bridgehead atoms. The van der Waals surface area contributed by atoms with E-state index < -0.39 is 10.0 Å². The molecule has 2 rings (SSSR count). The molecule has 30 heavy (non-hydrogen) atoms. The van der Waals surface area contributed by atoms with E-state index in [4.69, 9.17) is 4.74 Å². The molecule has 6 nitrogen and oxygen atoms in total. The Labute approximate surface area is 180 Å². The van der Waals surface area contributed by atoms with Crippen molar-refractivity contribution < 1.29 is 17.9 Å². The fourth-order valence-electron chi connectivity index (χ4n) is 3.38. The number of hydrogen-bond donors (Lipinski definition) is 1. The van der Waals surface area contributed by atoms with Gasteiger partial charge in [-0.15, -0.1) is 0 Å². The number of hydrogen-bond acceptors (Lipinski definition) is 4. The van der Waals surface area contributed by atoms with Gasteiger partial charge in [0, 0.05) is 13.1 Å². The van der Waals surface area contributed by atoms with E-state index in [1.807, 2.05) is 13.8 Å². The summed E-state index contributed by atoms with van der Waals surface area (Å²) < 4.78 is 32.0. The number of nitrogens with zero attached hydrogens (tertiary/aromatic N) is 1. The zero-order chi connectivity index (χ0) is 22.5.